The van der Waals surface area contributed by atoms with Crippen molar-refractivity contribution < 1.29 is 14.7 Å². The maximum Gasteiger partial charge on any atom is 0.328 e. The molecule has 0 radical (unpaired) electrons. The molecule has 8 nitrogen and oxygen atoms in total. The highest BCUT2D eigenvalue weighted by atomic mass is 16.3. The van der Waals surface area contributed by atoms with Gasteiger partial charge >= 0.3 is 6.03 Å². The van der Waals surface area contributed by atoms with Gasteiger partial charge in [-0.15, -0.1) is 0 Å². The number of nitrogens with one attached hydrogen (secondary N) is 1. The zero-order chi connectivity index (χ0) is 35.9. The second kappa shape index (κ2) is 14.2. The minimum Gasteiger partial charge on any atom is -0.508 e. The van der Waals surface area contributed by atoms with Crippen molar-refractivity contribution in [3.63, 3.8) is 0 Å². The number of fused-ring (bicyclic) bond motifs is 1. The van der Waals surface area contributed by atoms with Crippen molar-refractivity contribution in [1.29, 1.82) is 0 Å². The Morgan fingerprint density at radius 1 is 0.679 bits per heavy atom. The van der Waals surface area contributed by atoms with Crippen LogP contribution in [-0.4, -0.2) is 74.3 Å². The number of carbonyl (C=O) groups is 2. The van der Waals surface area contributed by atoms with Crippen molar-refractivity contribution in [1.82, 2.24) is 10.2 Å². The van der Waals surface area contributed by atoms with Crippen molar-refractivity contribution in [2.75, 3.05) is 67.1 Å². The van der Waals surface area contributed by atoms with E-state index >= 15 is 0 Å². The van der Waals surface area contributed by atoms with Crippen molar-refractivity contribution in [2.24, 2.45) is 11.3 Å². The molecule has 1 aliphatic carbocycles. The molecule has 274 valence electrons. The summed E-state index contributed by atoms with van der Waals surface area (Å²) in [4.78, 5) is 33.4. The smallest absolute Gasteiger partial charge is 0.328 e. The summed E-state index contributed by atoms with van der Waals surface area (Å²) in [5.74, 6) is 1.60. The lowest BCUT2D eigenvalue weighted by atomic mass is 9.69. The molecule has 4 saturated heterocycles. The number of hydrogen-bond donors (Lipinski definition) is 2. The normalized spacial score (nSPS) is 25.2. The standard InChI is InChI=1S/C45H51N5O3/c51-39-15-17-41-35(28-39)8-16-40(33-4-2-1-3-5-33)43(41)34-6-9-36(10-7-34)48-23-18-32(19-24-48)29-47-26-21-45(30-47)22-27-49(31-45)37-11-13-38(14-12-37)50-25-20-42(52)46-44(50)53/h1-7,9-15,17,28,32,40,43,51H,8,16,18-27,29-31H2,(H,46,52,53)/t40-,43+,45-/m1/s1. The Bertz CT molecular complexity index is 1940. The number of aromatic hydroxyl groups is 1. The molecule has 0 saturated carbocycles. The monoisotopic (exact) mass is 709 g/mol. The molecule has 4 heterocycles. The van der Waals surface area contributed by atoms with E-state index in [2.05, 4.69) is 92.8 Å². The zero-order valence-corrected chi connectivity index (χ0v) is 30.6. The number of nitrogens with zero attached hydrogens (tertiary/aromatic N) is 4. The summed E-state index contributed by atoms with van der Waals surface area (Å²) in [6.45, 7) is 8.43. The average Bonchev–Trinajstić information content (AvgIpc) is 3.80. The fourth-order valence-electron chi connectivity index (χ4n) is 10.2. The van der Waals surface area contributed by atoms with E-state index in [1.165, 1.54) is 78.9 Å². The van der Waals surface area contributed by atoms with Crippen LogP contribution in [0.1, 0.15) is 72.6 Å². The van der Waals surface area contributed by atoms with Crippen molar-refractivity contribution >= 4 is 29.0 Å². The van der Waals surface area contributed by atoms with Crippen LogP contribution in [0.15, 0.2) is 97.1 Å². The van der Waals surface area contributed by atoms with Crippen LogP contribution in [-0.2, 0) is 11.2 Å². The number of likely N-dealkylation sites (tertiary alicyclic amines) is 1. The molecule has 4 aromatic carbocycles. The number of rotatable bonds is 7. The van der Waals surface area contributed by atoms with E-state index < -0.39 is 0 Å². The topological polar surface area (TPSA) is 79.4 Å². The Morgan fingerprint density at radius 2 is 1.40 bits per heavy atom. The van der Waals surface area contributed by atoms with Crippen LogP contribution < -0.4 is 20.0 Å². The number of piperidine rings is 1. The van der Waals surface area contributed by atoms with Gasteiger partial charge in [-0.3, -0.25) is 15.0 Å². The molecule has 3 atom stereocenters. The third-order valence-electron chi connectivity index (χ3n) is 13.1. The van der Waals surface area contributed by atoms with Gasteiger partial charge in [-0.1, -0.05) is 48.5 Å². The van der Waals surface area contributed by atoms with Gasteiger partial charge in [0.25, 0.3) is 0 Å². The van der Waals surface area contributed by atoms with E-state index in [9.17, 15) is 14.7 Å². The number of phenolic OH excluding ortho intramolecular Hbond substituents is 1. The first-order valence-corrected chi connectivity index (χ1v) is 19.8. The Balaban J connectivity index is 0.786. The summed E-state index contributed by atoms with van der Waals surface area (Å²) in [7, 11) is 0. The molecule has 4 aliphatic heterocycles. The maximum atomic E-state index is 12.3. The summed E-state index contributed by atoms with van der Waals surface area (Å²) >= 11 is 0. The first-order valence-electron chi connectivity index (χ1n) is 19.8. The molecular formula is C45H51N5O3. The van der Waals surface area contributed by atoms with Crippen molar-refractivity contribution in [3.8, 4) is 5.75 Å². The number of amides is 3. The summed E-state index contributed by atoms with van der Waals surface area (Å²) < 4.78 is 0. The number of aryl methyl sites for hydroxylation is 1. The second-order valence-corrected chi connectivity index (χ2v) is 16.4. The lowest BCUT2D eigenvalue weighted by molar-refractivity contribution is -0.120. The SMILES string of the molecule is O=C1CCN(c2ccc(N3CC[C@@]4(CCN(CC5CCN(c6ccc([C@@H]7c8ccc(O)cc8CC[C@@H]7c7ccccc7)cc6)CC5)C4)C3)cc2)C(=O)N1. The number of carbonyl (C=O) groups excluding carboxylic acids is 2. The highest BCUT2D eigenvalue weighted by molar-refractivity contribution is 6.05. The van der Waals surface area contributed by atoms with E-state index in [4.69, 9.17) is 0 Å². The summed E-state index contributed by atoms with van der Waals surface area (Å²) in [5, 5.41) is 12.6. The third-order valence-corrected chi connectivity index (χ3v) is 13.1. The van der Waals surface area contributed by atoms with Crippen LogP contribution in [0.5, 0.6) is 5.75 Å². The Labute approximate surface area is 313 Å². The van der Waals surface area contributed by atoms with Gasteiger partial charge in [-0.2, -0.15) is 0 Å². The molecule has 5 aliphatic rings. The molecule has 3 amide bonds. The van der Waals surface area contributed by atoms with Gasteiger partial charge in [-0.25, -0.2) is 4.79 Å². The van der Waals surface area contributed by atoms with Crippen LogP contribution in [0.4, 0.5) is 21.9 Å². The Morgan fingerprint density at radius 3 is 2.17 bits per heavy atom. The average molecular weight is 710 g/mol. The lowest BCUT2D eigenvalue weighted by Crippen LogP contribution is -2.49. The van der Waals surface area contributed by atoms with Crippen molar-refractivity contribution in [3.05, 3.63) is 119 Å². The number of benzene rings is 4. The van der Waals surface area contributed by atoms with Gasteiger partial charge in [0.1, 0.15) is 5.75 Å². The molecule has 53 heavy (non-hydrogen) atoms. The Hall–Kier alpha value is -4.82. The molecule has 4 aromatic rings. The van der Waals surface area contributed by atoms with Crippen molar-refractivity contribution in [2.45, 2.75) is 56.8 Å². The predicted molar refractivity (Wildman–Crippen MR) is 211 cm³/mol. The van der Waals surface area contributed by atoms with E-state index in [0.29, 0.717) is 30.0 Å². The number of urea groups is 1. The molecule has 9 rings (SSSR count). The lowest BCUT2D eigenvalue weighted by Gasteiger charge is -2.37. The maximum absolute atomic E-state index is 12.3. The fourth-order valence-corrected chi connectivity index (χ4v) is 10.2. The Kier molecular flexibility index (Phi) is 9.10. The third kappa shape index (κ3) is 6.90. The number of anilines is 3. The van der Waals surface area contributed by atoms with E-state index in [1.54, 1.807) is 4.90 Å². The number of hydrogen-bond acceptors (Lipinski definition) is 6. The van der Waals surface area contributed by atoms with Crippen LogP contribution in [0.3, 0.4) is 0 Å². The summed E-state index contributed by atoms with van der Waals surface area (Å²) in [6, 6.07) is 34.3. The number of imide groups is 1. The van der Waals surface area contributed by atoms with E-state index in [1.807, 2.05) is 24.3 Å². The van der Waals surface area contributed by atoms with Crippen LogP contribution in [0.2, 0.25) is 0 Å². The van der Waals surface area contributed by atoms with Gasteiger partial charge in [-0.05, 0) is 128 Å². The second-order valence-electron chi connectivity index (χ2n) is 16.4. The van der Waals surface area contributed by atoms with E-state index in [0.717, 1.165) is 50.6 Å². The highest BCUT2D eigenvalue weighted by Crippen LogP contribution is 2.47. The molecule has 1 spiro atoms. The minimum atomic E-state index is -0.331. The van der Waals surface area contributed by atoms with Gasteiger partial charge < -0.3 is 19.8 Å². The van der Waals surface area contributed by atoms with Gasteiger partial charge in [0.2, 0.25) is 5.91 Å². The largest absolute Gasteiger partial charge is 0.508 e. The predicted octanol–water partition coefficient (Wildman–Crippen LogP) is 7.52. The van der Waals surface area contributed by atoms with Crippen LogP contribution in [0.25, 0.3) is 0 Å². The first kappa shape index (κ1) is 34.0. The van der Waals surface area contributed by atoms with Crippen LogP contribution >= 0.6 is 0 Å². The summed E-state index contributed by atoms with van der Waals surface area (Å²) in [6.07, 6.45) is 7.39. The van der Waals surface area contributed by atoms with Gasteiger partial charge in [0.15, 0.2) is 0 Å². The molecule has 8 heteroatoms. The van der Waals surface area contributed by atoms with Crippen LogP contribution in [0, 0.1) is 11.3 Å². The summed E-state index contributed by atoms with van der Waals surface area (Å²) in [5.41, 5.74) is 9.15. The molecule has 2 N–H and O–H groups in total. The quantitative estimate of drug-likeness (QED) is 0.207. The first-order chi connectivity index (χ1) is 25.9. The molecular weight excluding hydrogens is 659 g/mol. The molecule has 0 unspecified atom stereocenters. The fraction of sp³-hybridized carbons (Fsp3) is 0.422. The molecule has 0 bridgehead atoms. The molecule has 4 fully saturated rings. The molecule has 0 aromatic heterocycles. The van der Waals surface area contributed by atoms with Gasteiger partial charge in [0, 0.05) is 80.6 Å². The van der Waals surface area contributed by atoms with Gasteiger partial charge in [0.05, 0.1) is 0 Å². The van der Waals surface area contributed by atoms with E-state index in [-0.39, 0.29) is 17.9 Å². The highest BCUT2D eigenvalue weighted by Gasteiger charge is 2.44. The number of phenols is 1. The minimum absolute atomic E-state index is 0.203. The zero-order valence-electron chi connectivity index (χ0n) is 30.6.